The van der Waals surface area contributed by atoms with Gasteiger partial charge in [0.15, 0.2) is 0 Å². The fraction of sp³-hybridized carbons (Fsp3) is 0. The van der Waals surface area contributed by atoms with E-state index < -0.39 is 0 Å². The Morgan fingerprint density at radius 2 is 2.27 bits per heavy atom. The van der Waals surface area contributed by atoms with Gasteiger partial charge in [-0.25, -0.2) is 0 Å². The van der Waals surface area contributed by atoms with E-state index in [1.807, 2.05) is 0 Å². The highest BCUT2D eigenvalue weighted by Crippen LogP contribution is 2.19. The number of nitrogens with zero attached hydrogens (tertiary/aromatic N) is 3. The molecular weight excluding hydrogens is 166 g/mol. The van der Waals surface area contributed by atoms with Crippen molar-refractivity contribution in [1.29, 1.82) is 0 Å². The maximum Gasteiger partial charge on any atom is 0.137 e. The standard InChI is InChI=1S/C6H3ClN3O/c7-4-2-1-3-5-6(4)8-9-10(5)11/h1-3H. The van der Waals surface area contributed by atoms with Crippen molar-refractivity contribution in [3.8, 4) is 0 Å². The van der Waals surface area contributed by atoms with E-state index in [0.717, 1.165) is 0 Å². The van der Waals surface area contributed by atoms with E-state index in [0.29, 0.717) is 20.9 Å². The Hall–Kier alpha value is -1.29. The summed E-state index contributed by atoms with van der Waals surface area (Å²) in [5.74, 6) is 0. The minimum atomic E-state index is 0.400. The van der Waals surface area contributed by atoms with Gasteiger partial charge >= 0.3 is 0 Å². The predicted molar refractivity (Wildman–Crippen MR) is 38.6 cm³/mol. The predicted octanol–water partition coefficient (Wildman–Crippen LogP) is 1.28. The molecule has 1 heterocycles. The van der Waals surface area contributed by atoms with Gasteiger partial charge in [-0.15, -0.1) is 10.3 Å². The molecule has 2 rings (SSSR count). The summed E-state index contributed by atoms with van der Waals surface area (Å²) in [6.07, 6.45) is 0. The fourth-order valence-electron chi connectivity index (χ4n) is 0.891. The van der Waals surface area contributed by atoms with E-state index in [9.17, 15) is 5.21 Å². The lowest BCUT2D eigenvalue weighted by Crippen LogP contribution is -1.88. The van der Waals surface area contributed by atoms with E-state index in [4.69, 9.17) is 11.6 Å². The van der Waals surface area contributed by atoms with Gasteiger partial charge in [0.2, 0.25) is 0 Å². The quantitative estimate of drug-likeness (QED) is 0.595. The number of benzene rings is 1. The zero-order valence-corrected chi connectivity index (χ0v) is 6.12. The van der Waals surface area contributed by atoms with Crippen LogP contribution in [0.3, 0.4) is 0 Å². The monoisotopic (exact) mass is 168 g/mol. The van der Waals surface area contributed by atoms with Crippen LogP contribution in [0.4, 0.5) is 0 Å². The maximum absolute atomic E-state index is 10.8. The average Bonchev–Trinajstić information content (AvgIpc) is 2.35. The average molecular weight is 169 g/mol. The van der Waals surface area contributed by atoms with Crippen LogP contribution in [0, 0.1) is 0 Å². The van der Waals surface area contributed by atoms with E-state index in [2.05, 4.69) is 10.3 Å². The lowest BCUT2D eigenvalue weighted by molar-refractivity contribution is 0.0651. The van der Waals surface area contributed by atoms with Crippen LogP contribution in [-0.2, 0) is 5.21 Å². The van der Waals surface area contributed by atoms with Crippen LogP contribution >= 0.6 is 11.6 Å². The molecule has 0 saturated carbocycles. The second-order valence-electron chi connectivity index (χ2n) is 2.07. The van der Waals surface area contributed by atoms with Crippen LogP contribution in [0.1, 0.15) is 0 Å². The molecule has 0 fully saturated rings. The van der Waals surface area contributed by atoms with Crippen molar-refractivity contribution in [3.63, 3.8) is 0 Å². The molecule has 4 nitrogen and oxygen atoms in total. The fourth-order valence-corrected chi connectivity index (χ4v) is 1.10. The summed E-state index contributed by atoms with van der Waals surface area (Å²) < 4.78 is 0. The molecule has 0 saturated heterocycles. The van der Waals surface area contributed by atoms with Crippen molar-refractivity contribution in [2.45, 2.75) is 0 Å². The molecule has 0 amide bonds. The Morgan fingerprint density at radius 1 is 1.45 bits per heavy atom. The van der Waals surface area contributed by atoms with Crippen molar-refractivity contribution >= 4 is 22.6 Å². The van der Waals surface area contributed by atoms with Crippen LogP contribution in [0.25, 0.3) is 11.0 Å². The summed E-state index contributed by atoms with van der Waals surface area (Å²) in [4.78, 5) is 0.446. The van der Waals surface area contributed by atoms with Crippen molar-refractivity contribution in [2.75, 3.05) is 0 Å². The van der Waals surface area contributed by atoms with Crippen molar-refractivity contribution < 1.29 is 5.21 Å². The normalized spacial score (nSPS) is 10.6. The summed E-state index contributed by atoms with van der Waals surface area (Å²) in [5.41, 5.74) is 0.849. The van der Waals surface area contributed by atoms with Gasteiger partial charge in [0, 0.05) is 0 Å². The van der Waals surface area contributed by atoms with Gasteiger partial charge in [0.05, 0.1) is 5.02 Å². The lowest BCUT2D eigenvalue weighted by atomic mass is 10.3. The molecular formula is C6H3ClN3O. The maximum atomic E-state index is 10.8. The Balaban J connectivity index is 2.94. The van der Waals surface area contributed by atoms with Gasteiger partial charge < -0.3 is 0 Å². The van der Waals surface area contributed by atoms with Gasteiger partial charge in [0.1, 0.15) is 11.0 Å². The molecule has 0 bridgehead atoms. The molecule has 0 unspecified atom stereocenters. The first-order valence-corrected chi connectivity index (χ1v) is 3.34. The molecule has 55 valence electrons. The smallest absolute Gasteiger partial charge is 0.137 e. The van der Waals surface area contributed by atoms with Gasteiger partial charge in [-0.1, -0.05) is 17.7 Å². The van der Waals surface area contributed by atoms with E-state index in [1.165, 1.54) is 0 Å². The Bertz CT molecular complexity index is 398. The van der Waals surface area contributed by atoms with Crippen LogP contribution in [0.5, 0.6) is 0 Å². The third-order valence-electron chi connectivity index (χ3n) is 1.40. The van der Waals surface area contributed by atoms with Gasteiger partial charge in [-0.3, -0.25) is 0 Å². The summed E-state index contributed by atoms with van der Waals surface area (Å²) >= 11 is 5.72. The van der Waals surface area contributed by atoms with Crippen molar-refractivity contribution in [3.05, 3.63) is 23.2 Å². The highest BCUT2D eigenvalue weighted by molar-refractivity contribution is 6.34. The van der Waals surface area contributed by atoms with Crippen molar-refractivity contribution in [2.24, 2.45) is 0 Å². The van der Waals surface area contributed by atoms with Crippen LogP contribution < -0.4 is 0 Å². The molecule has 0 aliphatic heterocycles. The lowest BCUT2D eigenvalue weighted by Gasteiger charge is -1.87. The van der Waals surface area contributed by atoms with Crippen LogP contribution in [-0.4, -0.2) is 15.2 Å². The topological polar surface area (TPSA) is 50.6 Å². The zero-order valence-electron chi connectivity index (χ0n) is 5.36. The first kappa shape index (κ1) is 6.42. The van der Waals surface area contributed by atoms with Crippen LogP contribution in [0.2, 0.25) is 5.02 Å². The third-order valence-corrected chi connectivity index (χ3v) is 1.70. The van der Waals surface area contributed by atoms with Crippen LogP contribution in [0.15, 0.2) is 18.2 Å². The summed E-state index contributed by atoms with van der Waals surface area (Å²) in [7, 11) is 0. The Morgan fingerprint density at radius 3 is 3.00 bits per heavy atom. The summed E-state index contributed by atoms with van der Waals surface area (Å²) in [5, 5.41) is 18.1. The molecule has 11 heavy (non-hydrogen) atoms. The molecule has 1 radical (unpaired) electrons. The minimum absolute atomic E-state index is 0.400. The molecule has 0 spiro atoms. The number of hydrogen-bond donors (Lipinski definition) is 0. The molecule has 0 atom stereocenters. The number of aromatic nitrogens is 3. The van der Waals surface area contributed by atoms with E-state index in [1.54, 1.807) is 18.2 Å². The minimum Gasteiger partial charge on any atom is -0.144 e. The van der Waals surface area contributed by atoms with E-state index >= 15 is 0 Å². The van der Waals surface area contributed by atoms with Gasteiger partial charge in [-0.05, 0) is 22.2 Å². The first-order valence-electron chi connectivity index (χ1n) is 2.96. The second kappa shape index (κ2) is 2.10. The highest BCUT2D eigenvalue weighted by atomic mass is 35.5. The summed E-state index contributed by atoms with van der Waals surface area (Å²) in [6.45, 7) is 0. The molecule has 2 aromatic rings. The van der Waals surface area contributed by atoms with E-state index in [-0.39, 0.29) is 0 Å². The molecule has 0 N–H and O–H groups in total. The molecule has 0 aliphatic rings. The van der Waals surface area contributed by atoms with Gasteiger partial charge in [0.25, 0.3) is 0 Å². The Kier molecular flexibility index (Phi) is 1.22. The number of hydrogen-bond acceptors (Lipinski definition) is 2. The molecule has 0 aliphatic carbocycles. The Labute approximate surface area is 67.0 Å². The molecule has 5 heteroatoms. The summed E-state index contributed by atoms with van der Waals surface area (Å²) in [6, 6.07) is 4.97. The number of halogens is 1. The molecule has 1 aromatic carbocycles. The molecule has 1 aromatic heterocycles. The SMILES string of the molecule is [O]n1nnc2c(Cl)cccc21. The number of fused-ring (bicyclic) bond motifs is 1. The first-order chi connectivity index (χ1) is 5.29. The number of rotatable bonds is 0. The van der Waals surface area contributed by atoms with Gasteiger partial charge in [-0.2, -0.15) is 0 Å². The largest absolute Gasteiger partial charge is 0.144 e. The zero-order chi connectivity index (χ0) is 7.84. The second-order valence-corrected chi connectivity index (χ2v) is 2.48. The third kappa shape index (κ3) is 0.832. The highest BCUT2D eigenvalue weighted by Gasteiger charge is 2.05. The van der Waals surface area contributed by atoms with Crippen molar-refractivity contribution in [1.82, 2.24) is 15.2 Å².